The van der Waals surface area contributed by atoms with Gasteiger partial charge in [0.25, 0.3) is 0 Å². The highest BCUT2D eigenvalue weighted by Crippen LogP contribution is 2.28. The maximum atomic E-state index is 6.14. The summed E-state index contributed by atoms with van der Waals surface area (Å²) in [6, 6.07) is 13.6. The lowest BCUT2D eigenvalue weighted by molar-refractivity contribution is 0.415. The van der Waals surface area contributed by atoms with Crippen LogP contribution < -0.4 is 15.8 Å². The molecule has 0 aliphatic heterocycles. The SMILES string of the molecule is C=C/C(=C\C=C(C)C)c1ccc(N)c(NC(=C)c2ccc(OC)cc2)c1.CC. The van der Waals surface area contributed by atoms with Crippen LogP contribution in [-0.2, 0) is 0 Å². The van der Waals surface area contributed by atoms with Crippen molar-refractivity contribution in [1.29, 1.82) is 0 Å². The van der Waals surface area contributed by atoms with E-state index in [1.165, 1.54) is 5.57 Å². The van der Waals surface area contributed by atoms with Gasteiger partial charge in [0.1, 0.15) is 5.75 Å². The van der Waals surface area contributed by atoms with Crippen LogP contribution in [0.3, 0.4) is 0 Å². The maximum absolute atomic E-state index is 6.14. The van der Waals surface area contributed by atoms with Gasteiger partial charge in [0.05, 0.1) is 18.5 Å². The minimum atomic E-state index is 0.661. The standard InChI is InChI=1S/C23H26N2O.C2H6/c1-6-18(8-7-16(2)3)20-11-14-22(24)23(15-20)25-17(4)19-9-12-21(26-5)13-10-19;1-2/h6-15,25H,1,4,24H2,2-3,5H3;1-2H3/b18-8+;. The van der Waals surface area contributed by atoms with E-state index in [0.29, 0.717) is 5.69 Å². The fourth-order valence-corrected chi connectivity index (χ4v) is 2.41. The molecule has 0 saturated heterocycles. The summed E-state index contributed by atoms with van der Waals surface area (Å²) in [5.74, 6) is 0.808. The number of rotatable bonds is 7. The van der Waals surface area contributed by atoms with Crippen LogP contribution in [0.15, 0.2) is 79.4 Å². The monoisotopic (exact) mass is 376 g/mol. The van der Waals surface area contributed by atoms with Gasteiger partial charge in [0.2, 0.25) is 0 Å². The molecule has 0 spiro atoms. The predicted molar refractivity (Wildman–Crippen MR) is 125 cm³/mol. The van der Waals surface area contributed by atoms with Crippen LogP contribution >= 0.6 is 0 Å². The van der Waals surface area contributed by atoms with Crippen LogP contribution in [0.4, 0.5) is 11.4 Å². The smallest absolute Gasteiger partial charge is 0.118 e. The number of hydrogen-bond donors (Lipinski definition) is 2. The van der Waals surface area contributed by atoms with Gasteiger partial charge in [-0.3, -0.25) is 0 Å². The average Bonchev–Trinajstić information content (AvgIpc) is 2.72. The molecule has 0 amide bonds. The summed E-state index contributed by atoms with van der Waals surface area (Å²) in [6.45, 7) is 16.2. The van der Waals surface area contributed by atoms with Crippen molar-refractivity contribution in [3.63, 3.8) is 0 Å². The van der Waals surface area contributed by atoms with Crippen LogP contribution in [-0.4, -0.2) is 7.11 Å². The van der Waals surface area contributed by atoms with Crippen molar-refractivity contribution < 1.29 is 4.74 Å². The van der Waals surface area contributed by atoms with Crippen molar-refractivity contribution in [1.82, 2.24) is 0 Å². The Labute approximate surface area is 169 Å². The lowest BCUT2D eigenvalue weighted by atomic mass is 10.0. The summed E-state index contributed by atoms with van der Waals surface area (Å²) in [6.07, 6.45) is 5.96. The van der Waals surface area contributed by atoms with E-state index >= 15 is 0 Å². The zero-order valence-electron chi connectivity index (χ0n) is 17.7. The predicted octanol–water partition coefficient (Wildman–Crippen LogP) is 6.92. The van der Waals surface area contributed by atoms with Crippen molar-refractivity contribution in [3.8, 4) is 5.75 Å². The lowest BCUT2D eigenvalue weighted by Crippen LogP contribution is -2.01. The molecule has 3 N–H and O–H groups in total. The molecular formula is C25H32N2O. The number of nitrogens with two attached hydrogens (primary N) is 1. The second-order valence-corrected chi connectivity index (χ2v) is 6.20. The van der Waals surface area contributed by atoms with E-state index in [0.717, 1.165) is 33.8 Å². The zero-order valence-corrected chi connectivity index (χ0v) is 17.7. The first-order valence-electron chi connectivity index (χ1n) is 9.42. The Morgan fingerprint density at radius 3 is 2.14 bits per heavy atom. The van der Waals surface area contributed by atoms with Crippen LogP contribution in [0.2, 0.25) is 0 Å². The average molecular weight is 377 g/mol. The number of hydrogen-bond acceptors (Lipinski definition) is 3. The highest BCUT2D eigenvalue weighted by Gasteiger charge is 2.06. The number of methoxy groups -OCH3 is 1. The number of ether oxygens (including phenoxy) is 1. The Bertz CT molecular complexity index is 855. The molecule has 2 aromatic carbocycles. The Morgan fingerprint density at radius 1 is 1.00 bits per heavy atom. The van der Waals surface area contributed by atoms with Gasteiger partial charge in [-0.1, -0.05) is 56.9 Å². The number of allylic oxidation sites excluding steroid dienone is 5. The summed E-state index contributed by atoms with van der Waals surface area (Å²) in [7, 11) is 1.65. The molecule has 2 rings (SSSR count). The third kappa shape index (κ3) is 6.51. The molecule has 0 radical (unpaired) electrons. The minimum Gasteiger partial charge on any atom is -0.497 e. The highest BCUT2D eigenvalue weighted by atomic mass is 16.5. The van der Waals surface area contributed by atoms with Crippen molar-refractivity contribution in [3.05, 3.63) is 90.6 Å². The van der Waals surface area contributed by atoms with E-state index in [1.54, 1.807) is 7.11 Å². The molecule has 0 atom stereocenters. The molecule has 0 unspecified atom stereocenters. The minimum absolute atomic E-state index is 0.661. The largest absolute Gasteiger partial charge is 0.497 e. The summed E-state index contributed by atoms with van der Waals surface area (Å²) >= 11 is 0. The number of nitrogen functional groups attached to an aromatic ring is 1. The van der Waals surface area contributed by atoms with Crippen LogP contribution in [0, 0.1) is 0 Å². The Hall–Kier alpha value is -3.20. The molecule has 0 saturated carbocycles. The van der Waals surface area contributed by atoms with Gasteiger partial charge in [-0.2, -0.15) is 0 Å². The molecule has 0 aliphatic rings. The Morgan fingerprint density at radius 2 is 1.61 bits per heavy atom. The fraction of sp³-hybridized carbons (Fsp3) is 0.200. The second kappa shape index (κ2) is 11.5. The van der Waals surface area contributed by atoms with Gasteiger partial charge in [-0.05, 0) is 66.9 Å². The molecule has 148 valence electrons. The van der Waals surface area contributed by atoms with Crippen LogP contribution in [0.5, 0.6) is 5.75 Å². The third-order valence-corrected chi connectivity index (χ3v) is 3.93. The van der Waals surface area contributed by atoms with Gasteiger partial charge < -0.3 is 15.8 Å². The molecular weight excluding hydrogens is 344 g/mol. The second-order valence-electron chi connectivity index (χ2n) is 6.20. The van der Waals surface area contributed by atoms with E-state index in [-0.39, 0.29) is 0 Å². The first-order chi connectivity index (χ1) is 13.4. The Balaban J connectivity index is 0.00000190. The third-order valence-electron chi connectivity index (χ3n) is 3.93. The van der Waals surface area contributed by atoms with E-state index in [9.17, 15) is 0 Å². The quantitative estimate of drug-likeness (QED) is 0.407. The van der Waals surface area contributed by atoms with Crippen molar-refractivity contribution in [2.45, 2.75) is 27.7 Å². The van der Waals surface area contributed by atoms with E-state index in [1.807, 2.05) is 62.4 Å². The van der Waals surface area contributed by atoms with Crippen molar-refractivity contribution in [2.24, 2.45) is 0 Å². The van der Waals surface area contributed by atoms with E-state index in [4.69, 9.17) is 10.5 Å². The fourth-order valence-electron chi connectivity index (χ4n) is 2.41. The van der Waals surface area contributed by atoms with Crippen LogP contribution in [0.25, 0.3) is 11.3 Å². The van der Waals surface area contributed by atoms with Gasteiger partial charge >= 0.3 is 0 Å². The van der Waals surface area contributed by atoms with Crippen molar-refractivity contribution in [2.75, 3.05) is 18.2 Å². The first kappa shape index (κ1) is 22.8. The summed E-state index contributed by atoms with van der Waals surface area (Å²) in [5, 5.41) is 3.31. The molecule has 0 fully saturated rings. The van der Waals surface area contributed by atoms with E-state index in [2.05, 4.69) is 44.5 Å². The van der Waals surface area contributed by atoms with Gasteiger partial charge in [-0.15, -0.1) is 0 Å². The number of benzene rings is 2. The molecule has 3 heteroatoms. The molecule has 0 heterocycles. The van der Waals surface area contributed by atoms with Crippen molar-refractivity contribution >= 4 is 22.6 Å². The summed E-state index contributed by atoms with van der Waals surface area (Å²) < 4.78 is 5.19. The number of nitrogens with one attached hydrogen (secondary N) is 1. The molecule has 0 aromatic heterocycles. The molecule has 28 heavy (non-hydrogen) atoms. The topological polar surface area (TPSA) is 47.3 Å². The van der Waals surface area contributed by atoms with Gasteiger partial charge in [-0.25, -0.2) is 0 Å². The maximum Gasteiger partial charge on any atom is 0.118 e. The van der Waals surface area contributed by atoms with E-state index < -0.39 is 0 Å². The molecule has 0 aliphatic carbocycles. The normalized spacial score (nSPS) is 10.2. The number of anilines is 2. The molecule has 0 bridgehead atoms. The first-order valence-corrected chi connectivity index (χ1v) is 9.42. The summed E-state index contributed by atoms with van der Waals surface area (Å²) in [5.41, 5.74) is 12.7. The molecule has 3 nitrogen and oxygen atoms in total. The highest BCUT2D eigenvalue weighted by molar-refractivity contribution is 5.85. The van der Waals surface area contributed by atoms with Crippen LogP contribution in [0.1, 0.15) is 38.8 Å². The van der Waals surface area contributed by atoms with Gasteiger partial charge in [0, 0.05) is 5.70 Å². The molecule has 2 aromatic rings. The van der Waals surface area contributed by atoms with Gasteiger partial charge in [0.15, 0.2) is 0 Å². The Kier molecular flexibility index (Phi) is 9.38. The lowest BCUT2D eigenvalue weighted by Gasteiger charge is -2.14. The summed E-state index contributed by atoms with van der Waals surface area (Å²) in [4.78, 5) is 0. The zero-order chi connectivity index (χ0) is 21.1.